The zero-order valence-corrected chi connectivity index (χ0v) is 46.3. The number of carboxylic acid groups (broad SMARTS) is 6. The van der Waals surface area contributed by atoms with Crippen LogP contribution in [0.2, 0.25) is 0 Å². The molecule has 38 heteroatoms. The van der Waals surface area contributed by atoms with Crippen LogP contribution >= 0.6 is 0 Å². The molecule has 24 N–H and O–H groups in total. The lowest BCUT2D eigenvalue weighted by Gasteiger charge is -2.27. The monoisotopic (exact) mass is 1230 g/mol. The van der Waals surface area contributed by atoms with Gasteiger partial charge in [-0.15, -0.1) is 0 Å². The molecule has 2 aliphatic rings. The van der Waals surface area contributed by atoms with Crippen LogP contribution < -0.4 is 76.1 Å². The number of carbonyl (C=O) groups excluding carboxylic acids is 10. The lowest BCUT2D eigenvalue weighted by atomic mass is 10.0. The number of unbranched alkanes of at least 4 members (excludes halogenated alkanes) is 1. The minimum atomic E-state index is -2.11. The number of rotatable bonds is 41. The van der Waals surface area contributed by atoms with Gasteiger partial charge in [0.05, 0.1) is 12.8 Å². The Kier molecular flexibility index (Phi) is 30.7. The molecule has 0 aromatic rings. The number of aliphatic imine (C=N–C) groups is 2. The molecule has 0 aromatic carbocycles. The number of hydrogen-bond donors (Lipinski definition) is 20. The van der Waals surface area contributed by atoms with Crippen molar-refractivity contribution in [3.05, 3.63) is 0 Å². The smallest absolute Gasteiger partial charge is 0.326 e. The van der Waals surface area contributed by atoms with E-state index < -0.39 is 207 Å². The molecule has 0 aliphatic carbocycles. The maximum atomic E-state index is 14.0. The third kappa shape index (κ3) is 27.9. The summed E-state index contributed by atoms with van der Waals surface area (Å²) >= 11 is 0. The van der Waals surface area contributed by atoms with E-state index in [0.717, 1.165) is 0 Å². The number of amides is 10. The third-order valence-electron chi connectivity index (χ3n) is 12.8. The van der Waals surface area contributed by atoms with Gasteiger partial charge < -0.3 is 107 Å². The highest BCUT2D eigenvalue weighted by Gasteiger charge is 2.37. The second-order valence-electron chi connectivity index (χ2n) is 19.7. The van der Waals surface area contributed by atoms with Crippen molar-refractivity contribution < 1.29 is 107 Å². The second kappa shape index (κ2) is 36.6. The van der Waals surface area contributed by atoms with Crippen molar-refractivity contribution in [2.24, 2.45) is 32.9 Å². The van der Waals surface area contributed by atoms with Crippen molar-refractivity contribution in [1.29, 1.82) is 0 Å². The van der Waals surface area contributed by atoms with Gasteiger partial charge in [-0.05, 0) is 64.2 Å². The molecule has 0 saturated carbocycles. The average molecular weight is 1230 g/mol. The van der Waals surface area contributed by atoms with Crippen molar-refractivity contribution in [3.63, 3.8) is 0 Å². The molecule has 10 atom stereocenters. The minimum Gasteiger partial charge on any atom is -0.481 e. The van der Waals surface area contributed by atoms with Crippen LogP contribution in [-0.4, -0.2) is 211 Å². The van der Waals surface area contributed by atoms with E-state index in [1.807, 2.05) is 0 Å². The van der Waals surface area contributed by atoms with Crippen LogP contribution in [0.25, 0.3) is 0 Å². The zero-order chi connectivity index (χ0) is 64.8. The summed E-state index contributed by atoms with van der Waals surface area (Å²) in [6, 6.07) is -17.1. The molecule has 38 nitrogen and oxygen atoms in total. The van der Waals surface area contributed by atoms with Crippen LogP contribution in [0.5, 0.6) is 0 Å². The minimum absolute atomic E-state index is 0.00137. The summed E-state index contributed by atoms with van der Waals surface area (Å²) in [6.07, 6.45) is -7.64. The van der Waals surface area contributed by atoms with Gasteiger partial charge in [0.15, 0.2) is 11.9 Å². The SMILES string of the molecule is NC(N)=NCCC[C@H](NC(=O)[C@H](CCCC[C@H](NC(=O)[C@H](CC(=O)O)NC(=O)[C@H](CCC(=O)O)NC(=O)[C@@H]1CCC(=O)N1)C(=O)N[C@@H](CCCN=C(N)N)C(=O)O)NC(=O)[C@H](CC(=O)O)NC(=O)[C@H](CCC(=O)O)NC(=O)[C@@H]1CCC(=O)N1)C(=O)O. The summed E-state index contributed by atoms with van der Waals surface area (Å²) in [5.74, 6) is -20.8. The van der Waals surface area contributed by atoms with Gasteiger partial charge in [0, 0.05) is 38.8 Å². The highest BCUT2D eigenvalue weighted by Crippen LogP contribution is 2.14. The lowest BCUT2D eigenvalue weighted by Crippen LogP contribution is -2.59. The van der Waals surface area contributed by atoms with E-state index in [9.17, 15) is 107 Å². The fourth-order valence-electron chi connectivity index (χ4n) is 8.40. The Morgan fingerprint density at radius 3 is 0.942 bits per heavy atom. The van der Waals surface area contributed by atoms with Crippen LogP contribution in [0.4, 0.5) is 0 Å². The Labute approximate surface area is 488 Å². The van der Waals surface area contributed by atoms with Gasteiger partial charge in [-0.2, -0.15) is 0 Å². The van der Waals surface area contributed by atoms with Crippen LogP contribution in [0.3, 0.4) is 0 Å². The Hall–Kier alpha value is -9.94. The first-order chi connectivity index (χ1) is 40.4. The van der Waals surface area contributed by atoms with Gasteiger partial charge in [0.25, 0.3) is 0 Å². The standard InChI is InChI=1S/C48H74N16O22/c49-47(50)53-17-3-7-27(45(83)84)61-37(75)21(57-43(81)29(19-35(71)72)63-41(79)25(11-15-33(67)68)59-39(77)23-9-13-31(65)55-23)5-1-2-6-22(38(76)62-28(46(85)86)8-4-18-54-48(51)52)58-44(82)30(20-36(73)74)64-42(80)26(12-16-34(69)70)60-40(78)24-10-14-32(66)56-24/h21-30H,1-20H2,(H,55,65)(H,56,66)(H,57,81)(H,58,82)(H,59,77)(H,60,78)(H,61,75)(H,62,76)(H,63,79)(H,64,80)(H,67,68)(H,69,70)(H,71,72)(H,73,74)(H,83,84)(H,85,86)(H4,49,50,53)(H4,51,52,54)/t21-,22-,23-,24-,25-,26-,27-,28-,29-,30-/m0/s1. The highest BCUT2D eigenvalue weighted by molar-refractivity contribution is 6.00. The van der Waals surface area contributed by atoms with Gasteiger partial charge in [-0.3, -0.25) is 77.1 Å². The third-order valence-corrected chi connectivity index (χ3v) is 12.8. The van der Waals surface area contributed by atoms with Crippen molar-refractivity contribution in [2.45, 2.75) is 176 Å². The molecule has 2 aliphatic heterocycles. The first-order valence-corrected chi connectivity index (χ1v) is 26.8. The number of aliphatic carboxylic acids is 6. The number of nitrogens with two attached hydrogens (primary N) is 4. The molecule has 0 unspecified atom stereocenters. The van der Waals surface area contributed by atoms with Crippen LogP contribution in [0.15, 0.2) is 9.98 Å². The van der Waals surface area contributed by atoms with Crippen LogP contribution in [0.1, 0.15) is 116 Å². The summed E-state index contributed by atoms with van der Waals surface area (Å²) < 4.78 is 0. The fraction of sp³-hybridized carbons (Fsp3) is 0.625. The quantitative estimate of drug-likeness (QED) is 0.0154. The normalized spacial score (nSPS) is 17.0. The molecule has 2 saturated heterocycles. The molecule has 0 aromatic heterocycles. The van der Waals surface area contributed by atoms with Crippen LogP contribution in [0, 0.1) is 0 Å². The molecule has 2 fully saturated rings. The largest absolute Gasteiger partial charge is 0.481 e. The van der Waals surface area contributed by atoms with E-state index in [1.165, 1.54) is 0 Å². The van der Waals surface area contributed by atoms with Crippen molar-refractivity contribution in [2.75, 3.05) is 13.1 Å². The van der Waals surface area contributed by atoms with Gasteiger partial charge >= 0.3 is 35.8 Å². The van der Waals surface area contributed by atoms with Crippen molar-refractivity contribution in [3.8, 4) is 0 Å². The van der Waals surface area contributed by atoms with Crippen LogP contribution in [-0.2, 0) is 76.7 Å². The van der Waals surface area contributed by atoms with E-state index in [4.69, 9.17) is 22.9 Å². The van der Waals surface area contributed by atoms with Crippen molar-refractivity contribution in [1.82, 2.24) is 53.2 Å². The van der Waals surface area contributed by atoms with E-state index in [1.54, 1.807) is 0 Å². The van der Waals surface area contributed by atoms with Gasteiger partial charge in [-0.1, -0.05) is 12.8 Å². The maximum Gasteiger partial charge on any atom is 0.326 e. The molecule has 2 rings (SSSR count). The first kappa shape index (κ1) is 72.2. The first-order valence-electron chi connectivity index (χ1n) is 26.8. The van der Waals surface area contributed by atoms with Gasteiger partial charge in [-0.25, -0.2) is 9.59 Å². The molecular formula is C48H74N16O22. The summed E-state index contributed by atoms with van der Waals surface area (Å²) in [5.41, 5.74) is 21.3. The topological polar surface area (TPSA) is 644 Å². The summed E-state index contributed by atoms with van der Waals surface area (Å²) in [7, 11) is 0. The molecule has 86 heavy (non-hydrogen) atoms. The lowest BCUT2D eigenvalue weighted by molar-refractivity contribution is -0.143. The summed E-state index contributed by atoms with van der Waals surface area (Å²) in [6.45, 7) is -0.203. The Morgan fingerprint density at radius 1 is 0.395 bits per heavy atom. The number of carboxylic acids is 6. The molecule has 10 amide bonds. The van der Waals surface area contributed by atoms with Gasteiger partial charge in [0.2, 0.25) is 59.1 Å². The van der Waals surface area contributed by atoms with E-state index >= 15 is 0 Å². The van der Waals surface area contributed by atoms with E-state index in [0.29, 0.717) is 0 Å². The van der Waals surface area contributed by atoms with E-state index in [2.05, 4.69) is 63.2 Å². The Morgan fingerprint density at radius 2 is 0.674 bits per heavy atom. The molecule has 0 radical (unpaired) electrons. The predicted octanol–water partition coefficient (Wildman–Crippen LogP) is -8.06. The number of nitrogens with zero attached hydrogens (tertiary/aromatic N) is 2. The maximum absolute atomic E-state index is 14.0. The van der Waals surface area contributed by atoms with E-state index in [-0.39, 0.29) is 89.2 Å². The summed E-state index contributed by atoms with van der Waals surface area (Å²) in [4.78, 5) is 212. The fourth-order valence-corrected chi connectivity index (χ4v) is 8.40. The molecule has 478 valence electrons. The molecular weight excluding hydrogens is 1150 g/mol. The number of hydrogen-bond acceptors (Lipinski definition) is 18. The number of carbonyl (C=O) groups is 16. The highest BCUT2D eigenvalue weighted by atomic mass is 16.4. The number of nitrogens with one attached hydrogen (secondary N) is 10. The molecule has 2 heterocycles. The Bertz CT molecular complexity index is 2420. The number of guanidine groups is 2. The van der Waals surface area contributed by atoms with Crippen molar-refractivity contribution >= 4 is 107 Å². The molecule has 0 bridgehead atoms. The Balaban J connectivity index is 2.58. The summed E-state index contributed by atoms with van der Waals surface area (Å²) in [5, 5.41) is 80.6. The van der Waals surface area contributed by atoms with Gasteiger partial charge in [0.1, 0.15) is 60.4 Å². The zero-order valence-electron chi connectivity index (χ0n) is 46.3. The second-order valence-corrected chi connectivity index (χ2v) is 19.7. The average Bonchev–Trinajstić information content (AvgIpc) is 3.79. The predicted molar refractivity (Wildman–Crippen MR) is 290 cm³/mol. The molecule has 0 spiro atoms.